The van der Waals surface area contributed by atoms with Crippen LogP contribution in [-0.2, 0) is 4.79 Å². The van der Waals surface area contributed by atoms with E-state index in [0.717, 1.165) is 11.1 Å². The second-order valence-electron chi connectivity index (χ2n) is 5.54. The first-order chi connectivity index (χ1) is 9.98. The number of aliphatic hydroxyl groups is 1. The minimum absolute atomic E-state index is 0.430. The molecule has 1 unspecified atom stereocenters. The molecule has 0 spiro atoms. The van der Waals surface area contributed by atoms with Gasteiger partial charge in [0, 0.05) is 5.92 Å². The van der Waals surface area contributed by atoms with Crippen LogP contribution in [0.3, 0.4) is 0 Å². The molecule has 0 aromatic heterocycles. The number of rotatable bonds is 5. The molecule has 2 aromatic rings. The second kappa shape index (κ2) is 6.10. The van der Waals surface area contributed by atoms with Crippen LogP contribution < -0.4 is 0 Å². The molecule has 0 saturated carbocycles. The number of carboxylic acid groups (broad SMARTS) is 1. The van der Waals surface area contributed by atoms with Crippen molar-refractivity contribution in [2.75, 3.05) is 0 Å². The number of hydrogen-bond donors (Lipinski definition) is 2. The molecule has 0 heterocycles. The first kappa shape index (κ1) is 15.3. The van der Waals surface area contributed by atoms with Gasteiger partial charge in [-0.1, -0.05) is 74.5 Å². The summed E-state index contributed by atoms with van der Waals surface area (Å²) in [7, 11) is 0. The van der Waals surface area contributed by atoms with Gasteiger partial charge in [-0.3, -0.25) is 0 Å². The third-order valence-corrected chi connectivity index (χ3v) is 3.93. The zero-order valence-corrected chi connectivity index (χ0v) is 12.2. The SMILES string of the molecule is CC(C)C(O)(C(=O)O)C(c1ccccc1)c1ccccc1. The van der Waals surface area contributed by atoms with E-state index >= 15 is 0 Å². The predicted molar refractivity (Wildman–Crippen MR) is 82.2 cm³/mol. The summed E-state index contributed by atoms with van der Waals surface area (Å²) in [4.78, 5) is 11.8. The molecule has 110 valence electrons. The van der Waals surface area contributed by atoms with Crippen molar-refractivity contribution >= 4 is 5.97 Å². The van der Waals surface area contributed by atoms with Crippen LogP contribution in [0.1, 0.15) is 30.9 Å². The maximum atomic E-state index is 11.8. The van der Waals surface area contributed by atoms with Gasteiger partial charge in [0.15, 0.2) is 5.60 Å². The van der Waals surface area contributed by atoms with Gasteiger partial charge in [-0.2, -0.15) is 0 Å². The number of benzene rings is 2. The fourth-order valence-corrected chi connectivity index (χ4v) is 2.70. The fraction of sp³-hybridized carbons (Fsp3) is 0.278. The molecule has 0 saturated heterocycles. The molecule has 21 heavy (non-hydrogen) atoms. The molecule has 0 aliphatic heterocycles. The van der Waals surface area contributed by atoms with E-state index in [1.807, 2.05) is 60.7 Å². The smallest absolute Gasteiger partial charge is 0.336 e. The standard InChI is InChI=1S/C18H20O3/c1-13(2)18(21,17(19)20)16(14-9-5-3-6-10-14)15-11-7-4-8-12-15/h3-13,16,21H,1-2H3,(H,19,20). The Morgan fingerprint density at radius 1 is 0.905 bits per heavy atom. The van der Waals surface area contributed by atoms with E-state index in [0.29, 0.717) is 0 Å². The summed E-state index contributed by atoms with van der Waals surface area (Å²) in [5.74, 6) is -2.24. The summed E-state index contributed by atoms with van der Waals surface area (Å²) in [5.41, 5.74) is -0.271. The molecular formula is C18H20O3. The summed E-state index contributed by atoms with van der Waals surface area (Å²) in [6, 6.07) is 18.6. The topological polar surface area (TPSA) is 57.5 Å². The highest BCUT2D eigenvalue weighted by Crippen LogP contribution is 2.39. The molecule has 2 rings (SSSR count). The van der Waals surface area contributed by atoms with Crippen LogP contribution in [0.25, 0.3) is 0 Å². The molecule has 0 aliphatic carbocycles. The molecule has 0 aliphatic rings. The minimum Gasteiger partial charge on any atom is -0.479 e. The third kappa shape index (κ3) is 2.83. The highest BCUT2D eigenvalue weighted by atomic mass is 16.4. The first-order valence-corrected chi connectivity index (χ1v) is 7.03. The molecule has 3 heteroatoms. The van der Waals surface area contributed by atoms with Crippen LogP contribution in [0.4, 0.5) is 0 Å². The Morgan fingerprint density at radius 2 is 1.29 bits per heavy atom. The highest BCUT2D eigenvalue weighted by molar-refractivity contribution is 5.80. The van der Waals surface area contributed by atoms with Crippen molar-refractivity contribution in [2.24, 2.45) is 5.92 Å². The Labute approximate surface area is 124 Å². The van der Waals surface area contributed by atoms with Crippen LogP contribution in [-0.4, -0.2) is 21.8 Å². The zero-order chi connectivity index (χ0) is 15.5. The van der Waals surface area contributed by atoms with Crippen molar-refractivity contribution in [1.82, 2.24) is 0 Å². The average Bonchev–Trinajstić information content (AvgIpc) is 2.49. The number of hydrogen-bond acceptors (Lipinski definition) is 2. The molecule has 0 bridgehead atoms. The van der Waals surface area contributed by atoms with E-state index in [-0.39, 0.29) is 0 Å². The van der Waals surface area contributed by atoms with E-state index < -0.39 is 23.4 Å². The second-order valence-corrected chi connectivity index (χ2v) is 5.54. The summed E-state index contributed by atoms with van der Waals surface area (Å²) in [5, 5.41) is 20.6. The Morgan fingerprint density at radius 3 is 1.57 bits per heavy atom. The monoisotopic (exact) mass is 284 g/mol. The normalized spacial score (nSPS) is 14.1. The maximum Gasteiger partial charge on any atom is 0.336 e. The van der Waals surface area contributed by atoms with Crippen molar-refractivity contribution in [3.05, 3.63) is 71.8 Å². The van der Waals surface area contributed by atoms with Gasteiger partial charge in [0.25, 0.3) is 0 Å². The Kier molecular flexibility index (Phi) is 4.43. The Balaban J connectivity index is 2.64. The van der Waals surface area contributed by atoms with Crippen LogP contribution in [0.15, 0.2) is 60.7 Å². The van der Waals surface area contributed by atoms with Crippen molar-refractivity contribution in [1.29, 1.82) is 0 Å². The van der Waals surface area contributed by atoms with E-state index in [1.54, 1.807) is 13.8 Å². The quantitative estimate of drug-likeness (QED) is 0.885. The molecule has 3 nitrogen and oxygen atoms in total. The highest BCUT2D eigenvalue weighted by Gasteiger charge is 2.48. The minimum atomic E-state index is -1.86. The molecule has 2 aromatic carbocycles. The summed E-state index contributed by atoms with van der Waals surface area (Å²) in [6.45, 7) is 3.46. The summed E-state index contributed by atoms with van der Waals surface area (Å²) in [6.07, 6.45) is 0. The number of carboxylic acids is 1. The summed E-state index contributed by atoms with van der Waals surface area (Å²) >= 11 is 0. The van der Waals surface area contributed by atoms with Crippen molar-refractivity contribution in [3.63, 3.8) is 0 Å². The van der Waals surface area contributed by atoms with Gasteiger partial charge in [0.1, 0.15) is 0 Å². The van der Waals surface area contributed by atoms with Crippen LogP contribution in [0, 0.1) is 5.92 Å². The molecular weight excluding hydrogens is 264 g/mol. The summed E-state index contributed by atoms with van der Waals surface area (Å²) < 4.78 is 0. The van der Waals surface area contributed by atoms with Gasteiger partial charge >= 0.3 is 5.97 Å². The van der Waals surface area contributed by atoms with Crippen LogP contribution in [0.5, 0.6) is 0 Å². The van der Waals surface area contributed by atoms with E-state index in [2.05, 4.69) is 0 Å². The molecule has 0 amide bonds. The third-order valence-electron chi connectivity index (χ3n) is 3.93. The van der Waals surface area contributed by atoms with Gasteiger partial charge in [0.2, 0.25) is 0 Å². The van der Waals surface area contributed by atoms with Crippen LogP contribution >= 0.6 is 0 Å². The lowest BCUT2D eigenvalue weighted by Crippen LogP contribution is -2.49. The molecule has 2 N–H and O–H groups in total. The van der Waals surface area contributed by atoms with Gasteiger partial charge < -0.3 is 10.2 Å². The van der Waals surface area contributed by atoms with Crippen molar-refractivity contribution in [2.45, 2.75) is 25.4 Å². The zero-order valence-electron chi connectivity index (χ0n) is 12.2. The number of carbonyl (C=O) groups is 1. The van der Waals surface area contributed by atoms with E-state index in [9.17, 15) is 15.0 Å². The predicted octanol–water partition coefficient (Wildman–Crippen LogP) is 3.29. The fourth-order valence-electron chi connectivity index (χ4n) is 2.70. The average molecular weight is 284 g/mol. The Hall–Kier alpha value is -2.13. The molecule has 1 atom stereocenters. The molecule has 0 fully saturated rings. The lowest BCUT2D eigenvalue weighted by atomic mass is 9.71. The first-order valence-electron chi connectivity index (χ1n) is 7.03. The van der Waals surface area contributed by atoms with Crippen molar-refractivity contribution < 1.29 is 15.0 Å². The molecule has 0 radical (unpaired) electrons. The number of aliphatic carboxylic acids is 1. The van der Waals surface area contributed by atoms with Crippen molar-refractivity contribution in [3.8, 4) is 0 Å². The lowest BCUT2D eigenvalue weighted by molar-refractivity contribution is -0.165. The van der Waals surface area contributed by atoms with Gasteiger partial charge in [0.05, 0.1) is 0 Å². The van der Waals surface area contributed by atoms with E-state index in [4.69, 9.17) is 0 Å². The largest absolute Gasteiger partial charge is 0.479 e. The van der Waals surface area contributed by atoms with Gasteiger partial charge in [-0.15, -0.1) is 0 Å². The Bertz CT molecular complexity index is 553. The van der Waals surface area contributed by atoms with E-state index in [1.165, 1.54) is 0 Å². The van der Waals surface area contributed by atoms with Gasteiger partial charge in [-0.05, 0) is 17.0 Å². The van der Waals surface area contributed by atoms with Crippen LogP contribution in [0.2, 0.25) is 0 Å². The lowest BCUT2D eigenvalue weighted by Gasteiger charge is -2.36. The maximum absolute atomic E-state index is 11.8. The van der Waals surface area contributed by atoms with Gasteiger partial charge in [-0.25, -0.2) is 4.79 Å².